The smallest absolute Gasteiger partial charge is 0.305 e. The molecule has 0 aliphatic carbocycles. The zero-order chi connectivity index (χ0) is 13.9. The Balaban J connectivity index is 2.96. The minimum Gasteiger partial charge on any atom is -0.481 e. The summed E-state index contributed by atoms with van der Waals surface area (Å²) in [5.74, 6) is -0.156. The SMILES string of the molecule is Cc1cnc(C)c(NC(CC(=O)O)C(C)(C)C)n1. The third kappa shape index (κ3) is 3.98. The first-order chi connectivity index (χ1) is 8.20. The second-order valence-electron chi connectivity index (χ2n) is 5.61. The van der Waals surface area contributed by atoms with Crippen LogP contribution in [-0.2, 0) is 4.79 Å². The molecule has 18 heavy (non-hydrogen) atoms. The molecule has 0 aromatic carbocycles. The third-order valence-corrected chi connectivity index (χ3v) is 2.81. The van der Waals surface area contributed by atoms with Gasteiger partial charge < -0.3 is 10.4 Å². The number of carbonyl (C=O) groups is 1. The molecule has 5 nitrogen and oxygen atoms in total. The van der Waals surface area contributed by atoms with Crippen molar-refractivity contribution in [2.24, 2.45) is 5.41 Å². The minimum absolute atomic E-state index is 0.0541. The van der Waals surface area contributed by atoms with Crippen molar-refractivity contribution in [3.8, 4) is 0 Å². The Morgan fingerprint density at radius 2 is 2.06 bits per heavy atom. The molecule has 0 bridgehead atoms. The normalized spacial score (nSPS) is 13.2. The van der Waals surface area contributed by atoms with Gasteiger partial charge in [0.2, 0.25) is 0 Å². The fourth-order valence-corrected chi connectivity index (χ4v) is 1.59. The predicted molar refractivity (Wildman–Crippen MR) is 70.6 cm³/mol. The second kappa shape index (κ2) is 5.33. The number of nitrogens with one attached hydrogen (secondary N) is 1. The predicted octanol–water partition coefficient (Wildman–Crippen LogP) is 2.39. The van der Waals surface area contributed by atoms with Gasteiger partial charge in [0.25, 0.3) is 0 Å². The van der Waals surface area contributed by atoms with Gasteiger partial charge in [-0.1, -0.05) is 20.8 Å². The Hall–Kier alpha value is -1.65. The van der Waals surface area contributed by atoms with E-state index in [1.807, 2.05) is 34.6 Å². The molecule has 1 unspecified atom stereocenters. The number of nitrogens with zero attached hydrogens (tertiary/aromatic N) is 2. The number of carboxylic acid groups (broad SMARTS) is 1. The van der Waals surface area contributed by atoms with Gasteiger partial charge in [0, 0.05) is 12.2 Å². The number of hydrogen-bond donors (Lipinski definition) is 2. The summed E-state index contributed by atoms with van der Waals surface area (Å²) in [6.07, 6.45) is 1.75. The molecular formula is C13H21N3O2. The molecule has 0 radical (unpaired) electrons. The maximum Gasteiger partial charge on any atom is 0.305 e. The van der Waals surface area contributed by atoms with E-state index in [1.165, 1.54) is 0 Å². The summed E-state index contributed by atoms with van der Waals surface area (Å²) in [6.45, 7) is 9.74. The summed E-state index contributed by atoms with van der Waals surface area (Å²) in [4.78, 5) is 19.5. The molecule has 5 heteroatoms. The summed E-state index contributed by atoms with van der Waals surface area (Å²) in [6, 6.07) is -0.190. The largest absolute Gasteiger partial charge is 0.481 e. The average Bonchev–Trinajstić information content (AvgIpc) is 2.20. The van der Waals surface area contributed by atoms with Crippen LogP contribution in [0.2, 0.25) is 0 Å². The highest BCUT2D eigenvalue weighted by molar-refractivity contribution is 5.68. The van der Waals surface area contributed by atoms with E-state index < -0.39 is 5.97 Å². The molecule has 0 saturated carbocycles. The summed E-state index contributed by atoms with van der Waals surface area (Å²) < 4.78 is 0. The van der Waals surface area contributed by atoms with Crippen molar-refractivity contribution in [2.75, 3.05) is 5.32 Å². The number of carboxylic acids is 1. The Kier molecular flexibility index (Phi) is 4.27. The summed E-state index contributed by atoms with van der Waals surface area (Å²) in [5.41, 5.74) is 1.42. The molecule has 1 heterocycles. The van der Waals surface area contributed by atoms with Gasteiger partial charge in [0.05, 0.1) is 17.8 Å². The first-order valence-corrected chi connectivity index (χ1v) is 5.98. The Morgan fingerprint density at radius 1 is 1.44 bits per heavy atom. The van der Waals surface area contributed by atoms with E-state index in [0.29, 0.717) is 5.82 Å². The van der Waals surface area contributed by atoms with Crippen molar-refractivity contribution in [1.82, 2.24) is 9.97 Å². The van der Waals surface area contributed by atoms with Gasteiger partial charge in [0.15, 0.2) is 0 Å². The third-order valence-electron chi connectivity index (χ3n) is 2.81. The van der Waals surface area contributed by atoms with E-state index in [-0.39, 0.29) is 17.9 Å². The Bertz CT molecular complexity index is 438. The Labute approximate surface area is 108 Å². The number of aryl methyl sites for hydroxylation is 2. The lowest BCUT2D eigenvalue weighted by molar-refractivity contribution is -0.137. The van der Waals surface area contributed by atoms with E-state index in [0.717, 1.165) is 11.4 Å². The van der Waals surface area contributed by atoms with Crippen molar-refractivity contribution in [3.63, 3.8) is 0 Å². The molecular weight excluding hydrogens is 230 g/mol. The van der Waals surface area contributed by atoms with Gasteiger partial charge in [-0.3, -0.25) is 9.78 Å². The topological polar surface area (TPSA) is 75.1 Å². The van der Waals surface area contributed by atoms with Crippen LogP contribution in [0.1, 0.15) is 38.6 Å². The number of hydrogen-bond acceptors (Lipinski definition) is 4. The Morgan fingerprint density at radius 3 is 2.56 bits per heavy atom. The minimum atomic E-state index is -0.819. The van der Waals surface area contributed by atoms with Crippen LogP contribution < -0.4 is 5.32 Å². The summed E-state index contributed by atoms with van der Waals surface area (Å²) in [5, 5.41) is 12.2. The molecule has 2 N–H and O–H groups in total. The molecule has 1 atom stereocenters. The van der Waals surface area contributed by atoms with Crippen LogP contribution in [0.3, 0.4) is 0 Å². The monoisotopic (exact) mass is 251 g/mol. The lowest BCUT2D eigenvalue weighted by Gasteiger charge is -2.31. The highest BCUT2D eigenvalue weighted by Crippen LogP contribution is 2.25. The van der Waals surface area contributed by atoms with Gasteiger partial charge in [-0.25, -0.2) is 4.98 Å². The van der Waals surface area contributed by atoms with Crippen molar-refractivity contribution < 1.29 is 9.90 Å². The van der Waals surface area contributed by atoms with Crippen LogP contribution in [0.4, 0.5) is 5.82 Å². The lowest BCUT2D eigenvalue weighted by atomic mass is 9.84. The maximum atomic E-state index is 10.9. The van der Waals surface area contributed by atoms with Crippen LogP contribution in [0.25, 0.3) is 0 Å². The highest BCUT2D eigenvalue weighted by Gasteiger charge is 2.27. The van der Waals surface area contributed by atoms with Gasteiger partial charge in [-0.2, -0.15) is 0 Å². The second-order valence-corrected chi connectivity index (χ2v) is 5.61. The van der Waals surface area contributed by atoms with Gasteiger partial charge >= 0.3 is 5.97 Å². The lowest BCUT2D eigenvalue weighted by Crippen LogP contribution is -2.36. The van der Waals surface area contributed by atoms with E-state index in [1.54, 1.807) is 6.20 Å². The molecule has 1 rings (SSSR count). The van der Waals surface area contributed by atoms with Crippen LogP contribution in [-0.4, -0.2) is 27.1 Å². The highest BCUT2D eigenvalue weighted by atomic mass is 16.4. The van der Waals surface area contributed by atoms with Crippen LogP contribution in [0.15, 0.2) is 6.20 Å². The van der Waals surface area contributed by atoms with Crippen LogP contribution in [0.5, 0.6) is 0 Å². The maximum absolute atomic E-state index is 10.9. The first kappa shape index (κ1) is 14.4. The summed E-state index contributed by atoms with van der Waals surface area (Å²) >= 11 is 0. The van der Waals surface area contributed by atoms with Gasteiger partial charge in [0.1, 0.15) is 5.82 Å². The van der Waals surface area contributed by atoms with Crippen molar-refractivity contribution >= 4 is 11.8 Å². The quantitative estimate of drug-likeness (QED) is 0.859. The average molecular weight is 251 g/mol. The van der Waals surface area contributed by atoms with Crippen molar-refractivity contribution in [2.45, 2.75) is 47.1 Å². The first-order valence-electron chi connectivity index (χ1n) is 5.98. The molecule has 100 valence electrons. The van der Waals surface area contributed by atoms with Crippen LogP contribution >= 0.6 is 0 Å². The molecule has 0 aliphatic rings. The summed E-state index contributed by atoms with van der Waals surface area (Å²) in [7, 11) is 0. The number of anilines is 1. The number of aromatic nitrogens is 2. The van der Waals surface area contributed by atoms with E-state index in [4.69, 9.17) is 5.11 Å². The van der Waals surface area contributed by atoms with Gasteiger partial charge in [-0.05, 0) is 19.3 Å². The number of aliphatic carboxylic acids is 1. The fourth-order valence-electron chi connectivity index (χ4n) is 1.59. The molecule has 1 aromatic rings. The molecule has 0 spiro atoms. The molecule has 0 aliphatic heterocycles. The molecule has 0 amide bonds. The fraction of sp³-hybridized carbons (Fsp3) is 0.615. The zero-order valence-corrected chi connectivity index (χ0v) is 11.6. The van der Waals surface area contributed by atoms with Gasteiger partial charge in [-0.15, -0.1) is 0 Å². The zero-order valence-electron chi connectivity index (χ0n) is 11.6. The molecule has 0 fully saturated rings. The number of rotatable bonds is 4. The van der Waals surface area contributed by atoms with E-state index in [2.05, 4.69) is 15.3 Å². The van der Waals surface area contributed by atoms with Crippen molar-refractivity contribution in [1.29, 1.82) is 0 Å². The van der Waals surface area contributed by atoms with Crippen LogP contribution in [0, 0.1) is 19.3 Å². The van der Waals surface area contributed by atoms with Crippen molar-refractivity contribution in [3.05, 3.63) is 17.6 Å². The molecule has 0 saturated heterocycles. The molecule has 1 aromatic heterocycles. The van der Waals surface area contributed by atoms with E-state index in [9.17, 15) is 4.79 Å². The van der Waals surface area contributed by atoms with E-state index >= 15 is 0 Å². The standard InChI is InChI=1S/C13H21N3O2/c1-8-7-14-9(2)12(15-8)16-10(6-11(17)18)13(3,4)5/h7,10H,6H2,1-5H3,(H,15,16)(H,17,18).